The van der Waals surface area contributed by atoms with Gasteiger partial charge in [-0.15, -0.1) is 0 Å². The SMILES string of the molecule is [O]c1ccc(Br)c(Oc2ccc(Br)c(F)c2)c1[N+](=O)[O-]. The zero-order chi connectivity index (χ0) is 14.9. The van der Waals surface area contributed by atoms with Gasteiger partial charge in [-0.05, 0) is 56.1 Å². The molecule has 0 fully saturated rings. The molecular formula is C12H5Br2FNO4. The fourth-order valence-corrected chi connectivity index (χ4v) is 2.10. The summed E-state index contributed by atoms with van der Waals surface area (Å²) in [6.07, 6.45) is 0. The largest absolute Gasteiger partial charge is 0.449 e. The van der Waals surface area contributed by atoms with Crippen molar-refractivity contribution in [2.75, 3.05) is 0 Å². The molecule has 0 aliphatic heterocycles. The molecule has 20 heavy (non-hydrogen) atoms. The molecule has 103 valence electrons. The van der Waals surface area contributed by atoms with Crippen molar-refractivity contribution >= 4 is 37.5 Å². The Morgan fingerprint density at radius 1 is 1.15 bits per heavy atom. The third-order valence-electron chi connectivity index (χ3n) is 2.34. The van der Waals surface area contributed by atoms with E-state index in [1.165, 1.54) is 18.2 Å². The number of halogens is 3. The van der Waals surface area contributed by atoms with Gasteiger partial charge in [0.1, 0.15) is 11.6 Å². The Bertz CT molecular complexity index is 693. The molecule has 0 saturated heterocycles. The molecule has 0 heterocycles. The van der Waals surface area contributed by atoms with Crippen molar-refractivity contribution < 1.29 is 19.2 Å². The first-order valence-corrected chi connectivity index (χ1v) is 6.75. The van der Waals surface area contributed by atoms with Gasteiger partial charge < -0.3 is 4.74 Å². The van der Waals surface area contributed by atoms with E-state index in [4.69, 9.17) is 4.74 Å². The third-order valence-corrected chi connectivity index (χ3v) is 3.61. The average molecular weight is 406 g/mol. The summed E-state index contributed by atoms with van der Waals surface area (Å²) in [4.78, 5) is 10.1. The first kappa shape index (κ1) is 14.7. The predicted molar refractivity (Wildman–Crippen MR) is 75.1 cm³/mol. The Kier molecular flexibility index (Phi) is 4.24. The number of ether oxygens (including phenoxy) is 1. The van der Waals surface area contributed by atoms with Gasteiger partial charge in [-0.3, -0.25) is 15.2 Å². The summed E-state index contributed by atoms with van der Waals surface area (Å²) < 4.78 is 19.1. The van der Waals surface area contributed by atoms with Crippen molar-refractivity contribution in [1.29, 1.82) is 0 Å². The summed E-state index contributed by atoms with van der Waals surface area (Å²) in [6.45, 7) is 0. The minimum Gasteiger partial charge on any atom is -0.449 e. The van der Waals surface area contributed by atoms with Gasteiger partial charge in [0.15, 0.2) is 0 Å². The van der Waals surface area contributed by atoms with Crippen molar-refractivity contribution in [3.63, 3.8) is 0 Å². The first-order valence-electron chi connectivity index (χ1n) is 5.17. The summed E-state index contributed by atoms with van der Waals surface area (Å²) in [7, 11) is 0. The second-order valence-electron chi connectivity index (χ2n) is 3.66. The zero-order valence-electron chi connectivity index (χ0n) is 9.60. The normalized spacial score (nSPS) is 10.3. The highest BCUT2D eigenvalue weighted by atomic mass is 79.9. The molecule has 0 spiro atoms. The molecule has 0 aliphatic carbocycles. The van der Waals surface area contributed by atoms with Crippen molar-refractivity contribution in [1.82, 2.24) is 0 Å². The smallest absolute Gasteiger partial charge is 0.359 e. The number of nitrogens with zero attached hydrogens (tertiary/aromatic N) is 1. The van der Waals surface area contributed by atoms with E-state index in [2.05, 4.69) is 31.9 Å². The molecule has 0 aromatic heterocycles. The fraction of sp³-hybridized carbons (Fsp3) is 0. The molecule has 8 heteroatoms. The lowest BCUT2D eigenvalue weighted by atomic mass is 10.2. The molecule has 2 aromatic rings. The Morgan fingerprint density at radius 3 is 2.40 bits per heavy atom. The van der Waals surface area contributed by atoms with E-state index in [1.807, 2.05) is 0 Å². The number of benzene rings is 2. The average Bonchev–Trinajstić information content (AvgIpc) is 2.38. The van der Waals surface area contributed by atoms with Crippen LogP contribution in [0.25, 0.3) is 0 Å². The quantitative estimate of drug-likeness (QED) is 0.520. The van der Waals surface area contributed by atoms with Crippen molar-refractivity contribution in [2.45, 2.75) is 0 Å². The second kappa shape index (κ2) is 5.76. The van der Waals surface area contributed by atoms with E-state index < -0.39 is 22.2 Å². The van der Waals surface area contributed by atoms with Crippen molar-refractivity contribution in [3.05, 3.63) is 55.2 Å². The van der Waals surface area contributed by atoms with Gasteiger partial charge in [0, 0.05) is 6.07 Å². The standard InChI is InChI=1S/C12H5Br2FNO4/c13-7-2-1-6(5-9(7)15)20-12-8(14)3-4-10(17)11(12)16(18)19/h1-5H. The monoisotopic (exact) mass is 404 g/mol. The topological polar surface area (TPSA) is 72.3 Å². The van der Waals surface area contributed by atoms with Gasteiger partial charge in [-0.2, -0.15) is 0 Å². The molecule has 0 unspecified atom stereocenters. The van der Waals surface area contributed by atoms with E-state index in [1.54, 1.807) is 0 Å². The molecule has 0 aliphatic rings. The van der Waals surface area contributed by atoms with Gasteiger partial charge in [-0.1, -0.05) is 0 Å². The highest BCUT2D eigenvalue weighted by Gasteiger charge is 2.26. The molecule has 5 nitrogen and oxygen atoms in total. The molecule has 0 saturated carbocycles. The lowest BCUT2D eigenvalue weighted by Crippen LogP contribution is -1.95. The van der Waals surface area contributed by atoms with Gasteiger partial charge in [0.2, 0.25) is 5.75 Å². The summed E-state index contributed by atoms with van der Waals surface area (Å²) >= 11 is 6.05. The number of rotatable bonds is 3. The molecule has 2 aromatic carbocycles. The molecule has 0 atom stereocenters. The fourth-order valence-electron chi connectivity index (χ4n) is 1.46. The number of nitro groups is 1. The van der Waals surface area contributed by atoms with Crippen LogP contribution in [0.4, 0.5) is 10.1 Å². The Balaban J connectivity index is 2.50. The van der Waals surface area contributed by atoms with Gasteiger partial charge in [0.05, 0.1) is 13.9 Å². The predicted octanol–water partition coefficient (Wildman–Crippen LogP) is 5.20. The lowest BCUT2D eigenvalue weighted by molar-refractivity contribution is -0.387. The summed E-state index contributed by atoms with van der Waals surface area (Å²) in [6, 6.07) is 6.25. The van der Waals surface area contributed by atoms with Crippen molar-refractivity contribution in [2.24, 2.45) is 0 Å². The van der Waals surface area contributed by atoms with Crippen LogP contribution < -0.4 is 4.74 Å². The minimum atomic E-state index is -0.836. The Morgan fingerprint density at radius 2 is 1.80 bits per heavy atom. The summed E-state index contributed by atoms with van der Waals surface area (Å²) in [5, 5.41) is 22.5. The summed E-state index contributed by atoms with van der Waals surface area (Å²) in [5.74, 6) is -1.59. The van der Waals surface area contributed by atoms with Crippen LogP contribution in [0.1, 0.15) is 0 Å². The first-order chi connectivity index (χ1) is 9.40. The molecule has 0 N–H and O–H groups in total. The Labute approximate surface area is 129 Å². The van der Waals surface area contributed by atoms with Crippen LogP contribution in [-0.4, -0.2) is 4.92 Å². The highest BCUT2D eigenvalue weighted by Crippen LogP contribution is 2.44. The molecule has 0 amide bonds. The van der Waals surface area contributed by atoms with Gasteiger partial charge in [0.25, 0.3) is 5.75 Å². The van der Waals surface area contributed by atoms with Crippen LogP contribution in [0.5, 0.6) is 17.2 Å². The van der Waals surface area contributed by atoms with Crippen LogP contribution >= 0.6 is 31.9 Å². The number of nitro benzene ring substituents is 1. The molecule has 2 rings (SSSR count). The molecular weight excluding hydrogens is 401 g/mol. The maximum absolute atomic E-state index is 13.4. The van der Waals surface area contributed by atoms with Crippen LogP contribution in [0.3, 0.4) is 0 Å². The third kappa shape index (κ3) is 2.91. The lowest BCUT2D eigenvalue weighted by Gasteiger charge is -2.08. The van der Waals surface area contributed by atoms with E-state index in [9.17, 15) is 19.6 Å². The van der Waals surface area contributed by atoms with E-state index >= 15 is 0 Å². The van der Waals surface area contributed by atoms with Crippen molar-refractivity contribution in [3.8, 4) is 17.2 Å². The number of hydrogen-bond acceptors (Lipinski definition) is 3. The molecule has 1 radical (unpaired) electrons. The van der Waals surface area contributed by atoms with Crippen LogP contribution in [0.2, 0.25) is 0 Å². The Hall–Kier alpha value is -1.67. The summed E-state index contributed by atoms with van der Waals surface area (Å²) in [5.41, 5.74) is -0.706. The van der Waals surface area contributed by atoms with E-state index in [0.29, 0.717) is 0 Å². The minimum absolute atomic E-state index is 0.0418. The van der Waals surface area contributed by atoms with Gasteiger partial charge >= 0.3 is 5.69 Å². The van der Waals surface area contributed by atoms with Gasteiger partial charge in [-0.25, -0.2) is 4.39 Å². The van der Waals surface area contributed by atoms with Crippen LogP contribution in [0, 0.1) is 15.9 Å². The highest BCUT2D eigenvalue weighted by molar-refractivity contribution is 9.10. The van der Waals surface area contributed by atoms with Crippen LogP contribution in [-0.2, 0) is 5.11 Å². The van der Waals surface area contributed by atoms with Crippen LogP contribution in [0.15, 0.2) is 39.3 Å². The molecule has 0 bridgehead atoms. The van der Waals surface area contributed by atoms with E-state index in [-0.39, 0.29) is 20.4 Å². The van der Waals surface area contributed by atoms with E-state index in [0.717, 1.165) is 12.1 Å². The number of hydrogen-bond donors (Lipinski definition) is 0. The zero-order valence-corrected chi connectivity index (χ0v) is 12.8. The maximum atomic E-state index is 13.4. The second-order valence-corrected chi connectivity index (χ2v) is 5.37. The maximum Gasteiger partial charge on any atom is 0.359 e.